The summed E-state index contributed by atoms with van der Waals surface area (Å²) in [7, 11) is 0. The SMILES string of the molecule is CCC(C)(C)OCCOC(=O)c1ccc2cc(C(=O)C(C)C)ccc2c1. The van der Waals surface area contributed by atoms with E-state index in [1.807, 2.05) is 45.9 Å². The van der Waals surface area contributed by atoms with Gasteiger partial charge in [-0.3, -0.25) is 4.79 Å². The molecule has 0 radical (unpaired) electrons. The number of fused-ring (bicyclic) bond motifs is 1. The first kappa shape index (κ1) is 20.1. The Labute approximate surface area is 155 Å². The molecule has 4 heteroatoms. The molecule has 0 aromatic heterocycles. The Morgan fingerprint density at radius 1 is 0.962 bits per heavy atom. The summed E-state index contributed by atoms with van der Waals surface area (Å²) < 4.78 is 11.0. The van der Waals surface area contributed by atoms with E-state index in [2.05, 4.69) is 6.92 Å². The molecule has 0 spiro atoms. The zero-order valence-electron chi connectivity index (χ0n) is 16.3. The number of Topliss-reactive ketones (excluding diaryl/α,β-unsaturated/α-hetero) is 1. The number of carbonyl (C=O) groups excluding carboxylic acids is 2. The number of carbonyl (C=O) groups is 2. The number of ether oxygens (including phenoxy) is 2. The van der Waals surface area contributed by atoms with Gasteiger partial charge in [-0.25, -0.2) is 4.79 Å². The summed E-state index contributed by atoms with van der Waals surface area (Å²) in [5.41, 5.74) is 0.981. The summed E-state index contributed by atoms with van der Waals surface area (Å²) in [4.78, 5) is 24.3. The van der Waals surface area contributed by atoms with Crippen molar-refractivity contribution in [2.24, 2.45) is 5.92 Å². The van der Waals surface area contributed by atoms with Crippen LogP contribution in [0.5, 0.6) is 0 Å². The topological polar surface area (TPSA) is 52.6 Å². The first-order valence-electron chi connectivity index (χ1n) is 9.12. The number of hydrogen-bond acceptors (Lipinski definition) is 4. The van der Waals surface area contributed by atoms with E-state index in [0.717, 1.165) is 17.2 Å². The van der Waals surface area contributed by atoms with Crippen molar-refractivity contribution >= 4 is 22.5 Å². The van der Waals surface area contributed by atoms with Crippen LogP contribution in [0, 0.1) is 5.92 Å². The molecule has 4 nitrogen and oxygen atoms in total. The Kier molecular flexibility index (Phi) is 6.54. The van der Waals surface area contributed by atoms with Crippen molar-refractivity contribution in [3.63, 3.8) is 0 Å². The molecule has 0 fully saturated rings. The normalized spacial score (nSPS) is 11.8. The molecule has 2 aromatic carbocycles. The summed E-state index contributed by atoms with van der Waals surface area (Å²) in [5, 5.41) is 1.84. The minimum atomic E-state index is -0.368. The Bertz CT molecular complexity index is 790. The molecule has 0 saturated heterocycles. The summed E-state index contributed by atoms with van der Waals surface area (Å²) in [5.74, 6) is -0.292. The zero-order chi connectivity index (χ0) is 19.3. The van der Waals surface area contributed by atoms with Crippen molar-refractivity contribution in [3.05, 3.63) is 47.5 Å². The Balaban J connectivity index is 2.03. The van der Waals surface area contributed by atoms with Crippen LogP contribution >= 0.6 is 0 Å². The number of rotatable bonds is 8. The smallest absolute Gasteiger partial charge is 0.338 e. The molecule has 0 aliphatic rings. The van der Waals surface area contributed by atoms with E-state index in [-0.39, 0.29) is 29.9 Å². The van der Waals surface area contributed by atoms with Gasteiger partial charge in [0.2, 0.25) is 0 Å². The van der Waals surface area contributed by atoms with Gasteiger partial charge in [0, 0.05) is 11.5 Å². The van der Waals surface area contributed by atoms with Crippen molar-refractivity contribution in [1.29, 1.82) is 0 Å². The summed E-state index contributed by atoms with van der Waals surface area (Å²) >= 11 is 0. The van der Waals surface area contributed by atoms with Crippen molar-refractivity contribution in [2.45, 2.75) is 46.6 Å². The Hall–Kier alpha value is -2.20. The largest absolute Gasteiger partial charge is 0.460 e. The maximum absolute atomic E-state index is 12.2. The van der Waals surface area contributed by atoms with Crippen LogP contribution in [-0.2, 0) is 9.47 Å². The third-order valence-electron chi connectivity index (χ3n) is 4.55. The molecule has 2 rings (SSSR count). The van der Waals surface area contributed by atoms with Crippen LogP contribution in [0.15, 0.2) is 36.4 Å². The molecule has 2 aromatic rings. The minimum Gasteiger partial charge on any atom is -0.460 e. The second-order valence-corrected chi connectivity index (χ2v) is 7.39. The van der Waals surface area contributed by atoms with Gasteiger partial charge in [0.15, 0.2) is 5.78 Å². The molecule has 0 aliphatic carbocycles. The quantitative estimate of drug-likeness (QED) is 0.378. The second-order valence-electron chi connectivity index (χ2n) is 7.39. The fraction of sp³-hybridized carbons (Fsp3) is 0.455. The summed E-state index contributed by atoms with van der Waals surface area (Å²) in [6.07, 6.45) is 0.896. The van der Waals surface area contributed by atoms with Gasteiger partial charge in [-0.05, 0) is 49.2 Å². The summed E-state index contributed by atoms with van der Waals surface area (Å²) in [6, 6.07) is 10.9. The van der Waals surface area contributed by atoms with Gasteiger partial charge in [-0.1, -0.05) is 39.0 Å². The van der Waals surface area contributed by atoms with E-state index in [1.54, 1.807) is 18.2 Å². The number of ketones is 1. The zero-order valence-corrected chi connectivity index (χ0v) is 16.3. The number of esters is 1. The molecular weight excluding hydrogens is 328 g/mol. The van der Waals surface area contributed by atoms with Crippen molar-refractivity contribution in [2.75, 3.05) is 13.2 Å². The van der Waals surface area contributed by atoms with Gasteiger partial charge < -0.3 is 9.47 Å². The molecule has 0 unspecified atom stereocenters. The van der Waals surface area contributed by atoms with E-state index in [1.165, 1.54) is 0 Å². The lowest BCUT2D eigenvalue weighted by Gasteiger charge is -2.23. The van der Waals surface area contributed by atoms with Crippen molar-refractivity contribution < 1.29 is 19.1 Å². The van der Waals surface area contributed by atoms with E-state index < -0.39 is 0 Å². The van der Waals surface area contributed by atoms with E-state index >= 15 is 0 Å². The fourth-order valence-electron chi connectivity index (χ4n) is 2.50. The van der Waals surface area contributed by atoms with E-state index in [0.29, 0.717) is 17.7 Å². The van der Waals surface area contributed by atoms with Crippen LogP contribution < -0.4 is 0 Å². The van der Waals surface area contributed by atoms with Crippen LogP contribution in [-0.4, -0.2) is 30.6 Å². The molecule has 0 bridgehead atoms. The van der Waals surface area contributed by atoms with Crippen LogP contribution in [0.1, 0.15) is 61.8 Å². The van der Waals surface area contributed by atoms with E-state index in [4.69, 9.17) is 9.47 Å². The molecule has 0 atom stereocenters. The maximum atomic E-state index is 12.2. The molecule has 26 heavy (non-hydrogen) atoms. The van der Waals surface area contributed by atoms with Crippen molar-refractivity contribution in [1.82, 2.24) is 0 Å². The average Bonchev–Trinajstić information content (AvgIpc) is 2.63. The third-order valence-corrected chi connectivity index (χ3v) is 4.55. The lowest BCUT2D eigenvalue weighted by molar-refractivity contribution is -0.0409. The molecule has 0 heterocycles. The first-order valence-corrected chi connectivity index (χ1v) is 9.12. The second kappa shape index (κ2) is 8.45. The third kappa shape index (κ3) is 5.15. The Morgan fingerprint density at radius 3 is 2.12 bits per heavy atom. The van der Waals surface area contributed by atoms with Gasteiger partial charge in [0.05, 0.1) is 17.8 Å². The fourth-order valence-corrected chi connectivity index (χ4v) is 2.50. The molecule has 0 aliphatic heterocycles. The van der Waals surface area contributed by atoms with Crippen LogP contribution in [0.4, 0.5) is 0 Å². The highest BCUT2D eigenvalue weighted by molar-refractivity contribution is 6.02. The Morgan fingerprint density at radius 2 is 1.54 bits per heavy atom. The first-order chi connectivity index (χ1) is 12.2. The van der Waals surface area contributed by atoms with Gasteiger partial charge in [-0.15, -0.1) is 0 Å². The minimum absolute atomic E-state index is 0.0402. The van der Waals surface area contributed by atoms with Crippen LogP contribution in [0.2, 0.25) is 0 Å². The number of hydrogen-bond donors (Lipinski definition) is 0. The predicted molar refractivity (Wildman–Crippen MR) is 104 cm³/mol. The molecule has 0 amide bonds. The van der Waals surface area contributed by atoms with Gasteiger partial charge >= 0.3 is 5.97 Å². The highest BCUT2D eigenvalue weighted by atomic mass is 16.6. The molecule has 0 N–H and O–H groups in total. The molecule has 0 saturated carbocycles. The predicted octanol–water partition coefficient (Wildman–Crippen LogP) is 5.04. The highest BCUT2D eigenvalue weighted by Crippen LogP contribution is 2.20. The van der Waals surface area contributed by atoms with Crippen LogP contribution in [0.3, 0.4) is 0 Å². The number of benzene rings is 2. The van der Waals surface area contributed by atoms with Gasteiger partial charge in [-0.2, -0.15) is 0 Å². The molecular formula is C22H28O4. The van der Waals surface area contributed by atoms with Gasteiger partial charge in [0.25, 0.3) is 0 Å². The molecule has 140 valence electrons. The summed E-state index contributed by atoms with van der Waals surface area (Å²) in [6.45, 7) is 10.4. The standard InChI is InChI=1S/C22H28O4/c1-6-22(4,5)26-12-11-25-21(24)19-10-8-16-13-18(20(23)15(2)3)9-7-17(16)14-19/h7-10,13-15H,6,11-12H2,1-5H3. The highest BCUT2D eigenvalue weighted by Gasteiger charge is 2.16. The van der Waals surface area contributed by atoms with Crippen molar-refractivity contribution in [3.8, 4) is 0 Å². The monoisotopic (exact) mass is 356 g/mol. The average molecular weight is 356 g/mol. The van der Waals surface area contributed by atoms with Gasteiger partial charge in [0.1, 0.15) is 6.61 Å². The maximum Gasteiger partial charge on any atom is 0.338 e. The van der Waals surface area contributed by atoms with Crippen LogP contribution in [0.25, 0.3) is 10.8 Å². The lowest BCUT2D eigenvalue weighted by atomic mass is 9.97. The lowest BCUT2D eigenvalue weighted by Crippen LogP contribution is -2.25. The van der Waals surface area contributed by atoms with E-state index in [9.17, 15) is 9.59 Å².